The Kier molecular flexibility index (Phi) is 3.38. The van der Waals surface area contributed by atoms with Crippen molar-refractivity contribution in [2.75, 3.05) is 25.1 Å². The number of halogens is 1. The third kappa shape index (κ3) is 2.03. The maximum Gasteiger partial charge on any atom is 0.0588 e. The molecule has 4 heteroatoms. The van der Waals surface area contributed by atoms with Gasteiger partial charge in [0.15, 0.2) is 0 Å². The molecular formula is C12H17ClN2O. The topological polar surface area (TPSA) is 49.5 Å². The monoisotopic (exact) mass is 240 g/mol. The number of fused-ring (bicyclic) bond motifs is 1. The molecule has 1 aromatic carbocycles. The Hall–Kier alpha value is -0.770. The Morgan fingerprint density at radius 1 is 1.62 bits per heavy atom. The molecule has 2 rings (SSSR count). The van der Waals surface area contributed by atoms with E-state index in [0.29, 0.717) is 0 Å². The van der Waals surface area contributed by atoms with Gasteiger partial charge in [0, 0.05) is 36.3 Å². The molecule has 0 spiro atoms. The maximum atomic E-state index is 9.18. The molecule has 1 aromatic rings. The van der Waals surface area contributed by atoms with Crippen LogP contribution in [0.3, 0.4) is 0 Å². The molecule has 0 saturated carbocycles. The molecule has 3 nitrogen and oxygen atoms in total. The molecule has 2 atom stereocenters. The molecule has 0 amide bonds. The molecule has 0 aromatic heterocycles. The normalized spacial score (nSPS) is 21.8. The highest BCUT2D eigenvalue weighted by Gasteiger charge is 2.27. The summed E-state index contributed by atoms with van der Waals surface area (Å²) in [4.78, 5) is 2.20. The van der Waals surface area contributed by atoms with Gasteiger partial charge in [0.2, 0.25) is 0 Å². The van der Waals surface area contributed by atoms with Crippen molar-refractivity contribution in [1.82, 2.24) is 0 Å². The van der Waals surface area contributed by atoms with Gasteiger partial charge in [-0.25, -0.2) is 0 Å². The number of nitrogens with zero attached hydrogens (tertiary/aromatic N) is 1. The van der Waals surface area contributed by atoms with Crippen molar-refractivity contribution in [2.45, 2.75) is 18.4 Å². The van der Waals surface area contributed by atoms with Gasteiger partial charge in [-0.1, -0.05) is 11.6 Å². The number of nitrogens with two attached hydrogens (primary N) is 1. The molecule has 1 aliphatic heterocycles. The summed E-state index contributed by atoms with van der Waals surface area (Å²) in [7, 11) is 2.06. The molecule has 2 unspecified atom stereocenters. The Bertz CT molecular complexity index is 383. The van der Waals surface area contributed by atoms with E-state index in [-0.39, 0.29) is 18.6 Å². The summed E-state index contributed by atoms with van der Waals surface area (Å²) >= 11 is 6.02. The molecule has 1 heterocycles. The van der Waals surface area contributed by atoms with E-state index in [1.165, 1.54) is 5.69 Å². The van der Waals surface area contributed by atoms with Crippen LogP contribution < -0.4 is 10.6 Å². The number of hydrogen-bond donors (Lipinski definition) is 2. The van der Waals surface area contributed by atoms with E-state index in [9.17, 15) is 5.11 Å². The van der Waals surface area contributed by atoms with Crippen LogP contribution in [0.2, 0.25) is 5.02 Å². The van der Waals surface area contributed by atoms with Crippen LogP contribution in [0.1, 0.15) is 17.9 Å². The molecule has 0 aliphatic carbocycles. The average Bonchev–Trinajstić information content (AvgIpc) is 2.28. The summed E-state index contributed by atoms with van der Waals surface area (Å²) in [5, 5.41) is 9.90. The van der Waals surface area contributed by atoms with Crippen LogP contribution in [0.15, 0.2) is 18.2 Å². The van der Waals surface area contributed by atoms with Gasteiger partial charge in [0.05, 0.1) is 6.61 Å². The molecule has 1 aliphatic rings. The molecule has 0 bridgehead atoms. The predicted molar refractivity (Wildman–Crippen MR) is 67.1 cm³/mol. The summed E-state index contributed by atoms with van der Waals surface area (Å²) in [6.07, 6.45) is 0.964. The minimum Gasteiger partial charge on any atom is -0.395 e. The highest BCUT2D eigenvalue weighted by atomic mass is 35.5. The fourth-order valence-corrected chi connectivity index (χ4v) is 2.53. The third-order valence-electron chi connectivity index (χ3n) is 3.30. The van der Waals surface area contributed by atoms with Crippen LogP contribution in [-0.4, -0.2) is 31.3 Å². The first-order chi connectivity index (χ1) is 7.63. The van der Waals surface area contributed by atoms with E-state index in [1.807, 2.05) is 18.2 Å². The van der Waals surface area contributed by atoms with Gasteiger partial charge in [-0.15, -0.1) is 0 Å². The maximum absolute atomic E-state index is 9.18. The molecule has 88 valence electrons. The van der Waals surface area contributed by atoms with Gasteiger partial charge in [-0.3, -0.25) is 0 Å². The van der Waals surface area contributed by atoms with Crippen LogP contribution in [0.5, 0.6) is 0 Å². The van der Waals surface area contributed by atoms with E-state index in [0.717, 1.165) is 23.6 Å². The number of hydrogen-bond acceptors (Lipinski definition) is 3. The number of aliphatic hydroxyl groups excluding tert-OH is 1. The Morgan fingerprint density at radius 2 is 2.38 bits per heavy atom. The Morgan fingerprint density at radius 3 is 3.06 bits per heavy atom. The van der Waals surface area contributed by atoms with Crippen LogP contribution in [0, 0.1) is 0 Å². The summed E-state index contributed by atoms with van der Waals surface area (Å²) in [5.74, 6) is 0.204. The average molecular weight is 241 g/mol. The molecule has 3 N–H and O–H groups in total. The fourth-order valence-electron chi connectivity index (χ4n) is 2.35. The minimum atomic E-state index is -0.203. The first-order valence-corrected chi connectivity index (χ1v) is 5.88. The first-order valence-electron chi connectivity index (χ1n) is 5.50. The van der Waals surface area contributed by atoms with E-state index in [2.05, 4.69) is 11.9 Å². The molecule has 0 radical (unpaired) electrons. The summed E-state index contributed by atoms with van der Waals surface area (Å²) in [5.41, 5.74) is 8.27. The summed E-state index contributed by atoms with van der Waals surface area (Å²) in [6, 6.07) is 5.68. The van der Waals surface area contributed by atoms with Gasteiger partial charge in [0.1, 0.15) is 0 Å². The van der Waals surface area contributed by atoms with Gasteiger partial charge in [0.25, 0.3) is 0 Å². The predicted octanol–water partition coefficient (Wildman–Crippen LogP) is 1.58. The lowest BCUT2D eigenvalue weighted by molar-refractivity contribution is 0.244. The van der Waals surface area contributed by atoms with Crippen molar-refractivity contribution >= 4 is 17.3 Å². The number of rotatable bonds is 2. The quantitative estimate of drug-likeness (QED) is 0.825. The van der Waals surface area contributed by atoms with Gasteiger partial charge in [-0.2, -0.15) is 0 Å². The minimum absolute atomic E-state index is 0.0142. The lowest BCUT2D eigenvalue weighted by Crippen LogP contribution is -2.38. The van der Waals surface area contributed by atoms with E-state index < -0.39 is 0 Å². The van der Waals surface area contributed by atoms with E-state index in [4.69, 9.17) is 17.3 Å². The highest BCUT2D eigenvalue weighted by molar-refractivity contribution is 6.30. The van der Waals surface area contributed by atoms with Crippen molar-refractivity contribution in [3.63, 3.8) is 0 Å². The van der Waals surface area contributed by atoms with Crippen molar-refractivity contribution < 1.29 is 5.11 Å². The number of benzene rings is 1. The Balaban J connectivity index is 2.41. The highest BCUT2D eigenvalue weighted by Crippen LogP contribution is 2.37. The van der Waals surface area contributed by atoms with Crippen molar-refractivity contribution in [3.05, 3.63) is 28.8 Å². The number of anilines is 1. The zero-order chi connectivity index (χ0) is 11.7. The van der Waals surface area contributed by atoms with Gasteiger partial charge in [-0.05, 0) is 30.2 Å². The van der Waals surface area contributed by atoms with Crippen LogP contribution in [-0.2, 0) is 0 Å². The van der Waals surface area contributed by atoms with Crippen LogP contribution in [0.25, 0.3) is 0 Å². The lowest BCUT2D eigenvalue weighted by Gasteiger charge is -2.35. The van der Waals surface area contributed by atoms with Crippen molar-refractivity contribution in [2.24, 2.45) is 5.73 Å². The molecule has 0 fully saturated rings. The second kappa shape index (κ2) is 4.62. The molecule has 0 saturated heterocycles. The number of aliphatic hydroxyl groups is 1. The summed E-state index contributed by atoms with van der Waals surface area (Å²) in [6.45, 7) is 0.979. The van der Waals surface area contributed by atoms with Crippen LogP contribution in [0.4, 0.5) is 5.69 Å². The molecular weight excluding hydrogens is 224 g/mol. The SMILES string of the molecule is CN1CCC(C(N)CO)c2cc(Cl)ccc21. The largest absolute Gasteiger partial charge is 0.395 e. The smallest absolute Gasteiger partial charge is 0.0588 e. The lowest BCUT2D eigenvalue weighted by atomic mass is 9.85. The zero-order valence-corrected chi connectivity index (χ0v) is 10.1. The Labute approximate surface area is 101 Å². The molecule has 16 heavy (non-hydrogen) atoms. The second-order valence-corrected chi connectivity index (χ2v) is 4.80. The third-order valence-corrected chi connectivity index (χ3v) is 3.54. The van der Waals surface area contributed by atoms with Gasteiger partial charge >= 0.3 is 0 Å². The van der Waals surface area contributed by atoms with Gasteiger partial charge < -0.3 is 15.7 Å². The zero-order valence-electron chi connectivity index (χ0n) is 9.36. The summed E-state index contributed by atoms with van der Waals surface area (Å²) < 4.78 is 0. The first kappa shape index (κ1) is 11.7. The van der Waals surface area contributed by atoms with Crippen molar-refractivity contribution in [3.8, 4) is 0 Å². The van der Waals surface area contributed by atoms with Crippen LogP contribution >= 0.6 is 11.6 Å². The fraction of sp³-hybridized carbons (Fsp3) is 0.500. The second-order valence-electron chi connectivity index (χ2n) is 4.37. The van der Waals surface area contributed by atoms with E-state index >= 15 is 0 Å². The standard InChI is InChI=1S/C12H17ClN2O/c1-15-5-4-9(11(14)7-16)10-6-8(13)2-3-12(10)15/h2-3,6,9,11,16H,4-5,7,14H2,1H3. The van der Waals surface area contributed by atoms with E-state index in [1.54, 1.807) is 0 Å². The van der Waals surface area contributed by atoms with Crippen molar-refractivity contribution in [1.29, 1.82) is 0 Å².